The number of amides is 3. The Morgan fingerprint density at radius 1 is 1.22 bits per heavy atom. The number of hydrogen-bond acceptors (Lipinski definition) is 2. The maximum Gasteiger partial charge on any atom is 0.319 e. The van der Waals surface area contributed by atoms with Gasteiger partial charge in [0.15, 0.2) is 0 Å². The van der Waals surface area contributed by atoms with Gasteiger partial charge in [-0.25, -0.2) is 4.79 Å². The van der Waals surface area contributed by atoms with Gasteiger partial charge in [-0.3, -0.25) is 4.79 Å². The van der Waals surface area contributed by atoms with E-state index in [0.717, 1.165) is 17.7 Å². The SMILES string of the molecule is CCc1ccccc1NC(=O)NCC(=O)N(C)C. The van der Waals surface area contributed by atoms with Crippen LogP contribution in [-0.4, -0.2) is 37.5 Å². The summed E-state index contributed by atoms with van der Waals surface area (Å²) in [5.41, 5.74) is 1.83. The number of para-hydroxylation sites is 1. The van der Waals surface area contributed by atoms with Crippen molar-refractivity contribution >= 4 is 17.6 Å². The second-order valence-corrected chi connectivity index (χ2v) is 4.11. The second-order valence-electron chi connectivity index (χ2n) is 4.11. The lowest BCUT2D eigenvalue weighted by Gasteiger charge is -2.13. The van der Waals surface area contributed by atoms with Crippen molar-refractivity contribution in [1.29, 1.82) is 0 Å². The largest absolute Gasteiger partial charge is 0.347 e. The first kappa shape index (κ1) is 14.0. The van der Waals surface area contributed by atoms with Crippen LogP contribution in [0.4, 0.5) is 10.5 Å². The van der Waals surface area contributed by atoms with Gasteiger partial charge in [0, 0.05) is 19.8 Å². The number of benzene rings is 1. The van der Waals surface area contributed by atoms with E-state index in [4.69, 9.17) is 0 Å². The molecule has 1 rings (SSSR count). The van der Waals surface area contributed by atoms with Gasteiger partial charge in [-0.05, 0) is 18.1 Å². The molecule has 0 fully saturated rings. The van der Waals surface area contributed by atoms with Crippen LogP contribution in [0.15, 0.2) is 24.3 Å². The zero-order valence-electron chi connectivity index (χ0n) is 11.0. The number of carbonyl (C=O) groups is 2. The number of rotatable bonds is 4. The van der Waals surface area contributed by atoms with Crippen LogP contribution in [0.3, 0.4) is 0 Å². The molecule has 5 heteroatoms. The van der Waals surface area contributed by atoms with E-state index >= 15 is 0 Å². The van der Waals surface area contributed by atoms with E-state index in [2.05, 4.69) is 10.6 Å². The topological polar surface area (TPSA) is 61.4 Å². The summed E-state index contributed by atoms with van der Waals surface area (Å²) in [5, 5.41) is 5.26. The minimum atomic E-state index is -0.369. The summed E-state index contributed by atoms with van der Waals surface area (Å²) in [6, 6.07) is 7.22. The first-order chi connectivity index (χ1) is 8.54. The Morgan fingerprint density at radius 2 is 1.89 bits per heavy atom. The molecule has 0 atom stereocenters. The molecule has 0 aliphatic rings. The van der Waals surface area contributed by atoms with Crippen molar-refractivity contribution in [2.24, 2.45) is 0 Å². The highest BCUT2D eigenvalue weighted by atomic mass is 16.2. The smallest absolute Gasteiger partial charge is 0.319 e. The van der Waals surface area contributed by atoms with Gasteiger partial charge in [0.1, 0.15) is 0 Å². The third-order valence-corrected chi connectivity index (χ3v) is 2.55. The molecule has 2 N–H and O–H groups in total. The van der Waals surface area contributed by atoms with Gasteiger partial charge in [0.05, 0.1) is 6.54 Å². The molecule has 3 amide bonds. The Kier molecular flexibility index (Phi) is 5.17. The average Bonchev–Trinajstić information content (AvgIpc) is 2.36. The van der Waals surface area contributed by atoms with Crippen LogP contribution in [0, 0.1) is 0 Å². The van der Waals surface area contributed by atoms with Gasteiger partial charge in [-0.15, -0.1) is 0 Å². The molecule has 0 saturated heterocycles. The summed E-state index contributed by atoms with van der Waals surface area (Å²) in [5.74, 6) is -0.145. The normalized spacial score (nSPS) is 9.72. The summed E-state index contributed by atoms with van der Waals surface area (Å²) in [7, 11) is 3.29. The molecule has 0 aromatic heterocycles. The molecular weight excluding hydrogens is 230 g/mol. The van der Waals surface area contributed by atoms with E-state index in [1.54, 1.807) is 14.1 Å². The number of nitrogens with zero attached hydrogens (tertiary/aromatic N) is 1. The fraction of sp³-hybridized carbons (Fsp3) is 0.385. The number of nitrogens with one attached hydrogen (secondary N) is 2. The van der Waals surface area contributed by atoms with E-state index in [9.17, 15) is 9.59 Å². The third kappa shape index (κ3) is 4.08. The Bertz CT molecular complexity index is 430. The molecule has 0 spiro atoms. The minimum Gasteiger partial charge on any atom is -0.347 e. The van der Waals surface area contributed by atoms with Crippen LogP contribution in [0.5, 0.6) is 0 Å². The second kappa shape index (κ2) is 6.64. The van der Waals surface area contributed by atoms with Crippen LogP contribution in [-0.2, 0) is 11.2 Å². The summed E-state index contributed by atoms with van der Waals surface area (Å²) in [6.07, 6.45) is 0.840. The molecule has 0 radical (unpaired) electrons. The molecule has 1 aromatic carbocycles. The number of likely N-dealkylation sites (N-methyl/N-ethyl adjacent to an activating group) is 1. The molecule has 0 aliphatic heterocycles. The predicted octanol–water partition coefficient (Wildman–Crippen LogP) is 1.46. The van der Waals surface area contributed by atoms with Gasteiger partial charge >= 0.3 is 6.03 Å². The van der Waals surface area contributed by atoms with Crippen molar-refractivity contribution in [3.8, 4) is 0 Å². The first-order valence-electron chi connectivity index (χ1n) is 5.87. The number of urea groups is 1. The third-order valence-electron chi connectivity index (χ3n) is 2.55. The Hall–Kier alpha value is -2.04. The minimum absolute atomic E-state index is 0.00682. The Balaban J connectivity index is 2.52. The van der Waals surface area contributed by atoms with Crippen molar-refractivity contribution in [3.05, 3.63) is 29.8 Å². The average molecular weight is 249 g/mol. The van der Waals surface area contributed by atoms with Crippen molar-refractivity contribution in [2.45, 2.75) is 13.3 Å². The number of hydrogen-bond donors (Lipinski definition) is 2. The highest BCUT2D eigenvalue weighted by molar-refractivity contribution is 5.92. The quantitative estimate of drug-likeness (QED) is 0.848. The maximum absolute atomic E-state index is 11.6. The monoisotopic (exact) mass is 249 g/mol. The molecule has 0 saturated carbocycles. The molecule has 0 bridgehead atoms. The molecule has 5 nitrogen and oxygen atoms in total. The molecular formula is C13H19N3O2. The van der Waals surface area contributed by atoms with Crippen LogP contribution in [0.25, 0.3) is 0 Å². The van der Waals surface area contributed by atoms with E-state index in [-0.39, 0.29) is 18.5 Å². The number of anilines is 1. The van der Waals surface area contributed by atoms with Gasteiger partial charge in [-0.2, -0.15) is 0 Å². The number of aryl methyl sites for hydroxylation is 1. The van der Waals surface area contributed by atoms with Crippen molar-refractivity contribution in [1.82, 2.24) is 10.2 Å². The zero-order chi connectivity index (χ0) is 13.5. The predicted molar refractivity (Wildman–Crippen MR) is 71.5 cm³/mol. The van der Waals surface area contributed by atoms with Gasteiger partial charge in [0.25, 0.3) is 0 Å². The standard InChI is InChI=1S/C13H19N3O2/c1-4-10-7-5-6-8-11(10)15-13(18)14-9-12(17)16(2)3/h5-8H,4,9H2,1-3H3,(H2,14,15,18). The van der Waals surface area contributed by atoms with Crippen LogP contribution >= 0.6 is 0 Å². The fourth-order valence-corrected chi connectivity index (χ4v) is 1.43. The van der Waals surface area contributed by atoms with E-state index in [1.165, 1.54) is 4.90 Å². The summed E-state index contributed by atoms with van der Waals surface area (Å²) in [6.45, 7) is 2.01. The van der Waals surface area contributed by atoms with Gasteiger partial charge in [0.2, 0.25) is 5.91 Å². The summed E-state index contributed by atoms with van der Waals surface area (Å²) >= 11 is 0. The van der Waals surface area contributed by atoms with Gasteiger partial charge < -0.3 is 15.5 Å². The van der Waals surface area contributed by atoms with E-state index < -0.39 is 0 Å². The molecule has 0 heterocycles. The lowest BCUT2D eigenvalue weighted by molar-refractivity contribution is -0.127. The number of carbonyl (C=O) groups excluding carboxylic acids is 2. The van der Waals surface area contributed by atoms with E-state index in [1.807, 2.05) is 31.2 Å². The summed E-state index contributed by atoms with van der Waals surface area (Å²) < 4.78 is 0. The Labute approximate surface area is 107 Å². The molecule has 98 valence electrons. The lowest BCUT2D eigenvalue weighted by atomic mass is 10.1. The van der Waals surface area contributed by atoms with E-state index in [0.29, 0.717) is 0 Å². The van der Waals surface area contributed by atoms with Crippen LogP contribution in [0.1, 0.15) is 12.5 Å². The molecule has 0 unspecified atom stereocenters. The van der Waals surface area contributed by atoms with Gasteiger partial charge in [-0.1, -0.05) is 25.1 Å². The highest BCUT2D eigenvalue weighted by Gasteiger charge is 2.08. The maximum atomic E-state index is 11.6. The molecule has 1 aromatic rings. The van der Waals surface area contributed by atoms with Crippen molar-refractivity contribution in [2.75, 3.05) is 26.0 Å². The molecule has 0 aliphatic carbocycles. The van der Waals surface area contributed by atoms with Crippen LogP contribution in [0.2, 0.25) is 0 Å². The first-order valence-corrected chi connectivity index (χ1v) is 5.87. The summed E-state index contributed by atoms with van der Waals surface area (Å²) in [4.78, 5) is 24.4. The molecule has 18 heavy (non-hydrogen) atoms. The Morgan fingerprint density at radius 3 is 2.50 bits per heavy atom. The zero-order valence-corrected chi connectivity index (χ0v) is 11.0. The van der Waals surface area contributed by atoms with Crippen LogP contribution < -0.4 is 10.6 Å². The van der Waals surface area contributed by atoms with Crippen molar-refractivity contribution in [3.63, 3.8) is 0 Å². The lowest BCUT2D eigenvalue weighted by Crippen LogP contribution is -2.38. The fourth-order valence-electron chi connectivity index (χ4n) is 1.43. The van der Waals surface area contributed by atoms with Crippen molar-refractivity contribution < 1.29 is 9.59 Å². The highest BCUT2D eigenvalue weighted by Crippen LogP contribution is 2.14.